The molecule has 1 aliphatic rings. The van der Waals surface area contributed by atoms with E-state index in [0.717, 1.165) is 5.56 Å². The molecule has 0 saturated carbocycles. The van der Waals surface area contributed by atoms with Crippen LogP contribution < -0.4 is 10.3 Å². The molecule has 0 amide bonds. The van der Waals surface area contributed by atoms with Crippen LogP contribution in [0.1, 0.15) is 11.5 Å². The average Bonchev–Trinajstić information content (AvgIpc) is 3.12. The lowest BCUT2D eigenvalue weighted by molar-refractivity contribution is 0.121. The predicted octanol–water partition coefficient (Wildman–Crippen LogP) is 2.79. The molecule has 2 aromatic rings. The monoisotopic (exact) mass is 364 g/mol. The molecule has 0 atom stereocenters. The molecule has 0 N–H and O–H groups in total. The van der Waals surface area contributed by atoms with Gasteiger partial charge in [-0.25, -0.2) is 0 Å². The molecule has 1 aromatic heterocycles. The molecule has 134 valence electrons. The lowest BCUT2D eigenvalue weighted by Gasteiger charge is -2.27. The third-order valence-electron chi connectivity index (χ3n) is 3.86. The number of oxazole rings is 1. The van der Waals surface area contributed by atoms with Crippen LogP contribution in [0.15, 0.2) is 34.7 Å². The largest absolute Gasteiger partial charge is 0.420 e. The molecule has 3 rings (SSSR count). The molecular formula is C17H21N2O5P. The lowest BCUT2D eigenvalue weighted by Crippen LogP contribution is -2.38. The zero-order chi connectivity index (χ0) is 17.7. The number of hydrogen-bond acceptors (Lipinski definition) is 7. The summed E-state index contributed by atoms with van der Waals surface area (Å²) in [5, 5.41) is 0. The number of morpholine rings is 1. The summed E-state index contributed by atoms with van der Waals surface area (Å²) in [6.45, 7) is 2.38. The van der Waals surface area contributed by atoms with Crippen LogP contribution in [0.25, 0.3) is 12.2 Å². The van der Waals surface area contributed by atoms with Crippen molar-refractivity contribution in [2.24, 2.45) is 0 Å². The standard InChI is InChI=1S/C17H21N2O5P/c1-21-25(20,22-2)16-17(19-10-12-23-13-11-19)24-15(18-16)9-8-14-6-4-3-5-7-14/h3-9H,10-13H2,1-2H3. The van der Waals surface area contributed by atoms with Gasteiger partial charge in [0.05, 0.1) is 13.2 Å². The van der Waals surface area contributed by atoms with Crippen molar-refractivity contribution in [3.05, 3.63) is 41.8 Å². The number of anilines is 1. The third kappa shape index (κ3) is 4.02. The van der Waals surface area contributed by atoms with Crippen LogP contribution in [0, 0.1) is 0 Å². The highest BCUT2D eigenvalue weighted by Crippen LogP contribution is 2.47. The number of hydrogen-bond donors (Lipinski definition) is 0. The first-order valence-corrected chi connectivity index (χ1v) is 9.49. The minimum absolute atomic E-state index is 0.187. The van der Waals surface area contributed by atoms with Crippen molar-refractivity contribution in [2.45, 2.75) is 0 Å². The van der Waals surface area contributed by atoms with Gasteiger partial charge in [0.1, 0.15) is 0 Å². The highest BCUT2D eigenvalue weighted by Gasteiger charge is 2.36. The van der Waals surface area contributed by atoms with Crippen molar-refractivity contribution in [1.29, 1.82) is 0 Å². The van der Waals surface area contributed by atoms with Crippen molar-refractivity contribution < 1.29 is 22.8 Å². The quantitative estimate of drug-likeness (QED) is 0.730. The molecule has 1 aromatic carbocycles. The van der Waals surface area contributed by atoms with Crippen LogP contribution in [-0.4, -0.2) is 45.5 Å². The number of rotatable bonds is 6. The zero-order valence-electron chi connectivity index (χ0n) is 14.3. The van der Waals surface area contributed by atoms with E-state index in [9.17, 15) is 4.57 Å². The van der Waals surface area contributed by atoms with E-state index in [1.807, 2.05) is 41.3 Å². The molecule has 0 spiro atoms. The summed E-state index contributed by atoms with van der Waals surface area (Å²) < 4.78 is 34.3. The van der Waals surface area contributed by atoms with E-state index in [2.05, 4.69) is 4.98 Å². The second-order valence-corrected chi connectivity index (χ2v) is 7.54. The van der Waals surface area contributed by atoms with Gasteiger partial charge in [-0.15, -0.1) is 0 Å². The first-order valence-electron chi connectivity index (χ1n) is 7.95. The van der Waals surface area contributed by atoms with Crippen molar-refractivity contribution in [1.82, 2.24) is 4.98 Å². The molecule has 1 aliphatic heterocycles. The summed E-state index contributed by atoms with van der Waals surface area (Å²) in [4.78, 5) is 6.31. The minimum atomic E-state index is -3.53. The van der Waals surface area contributed by atoms with Gasteiger partial charge in [-0.05, 0) is 11.6 Å². The smallest absolute Gasteiger partial charge is 0.384 e. The zero-order valence-corrected chi connectivity index (χ0v) is 15.1. The van der Waals surface area contributed by atoms with E-state index in [1.54, 1.807) is 6.08 Å². The van der Waals surface area contributed by atoms with Crippen molar-refractivity contribution in [2.75, 3.05) is 45.4 Å². The molecule has 0 aliphatic carbocycles. The first-order chi connectivity index (χ1) is 12.2. The Morgan fingerprint density at radius 3 is 2.44 bits per heavy atom. The molecule has 1 fully saturated rings. The molecule has 0 radical (unpaired) electrons. The summed E-state index contributed by atoms with van der Waals surface area (Å²) in [7, 11) is -0.864. The van der Waals surface area contributed by atoms with Crippen LogP contribution in [0.2, 0.25) is 0 Å². The molecule has 7 nitrogen and oxygen atoms in total. The molecule has 2 heterocycles. The second-order valence-electron chi connectivity index (χ2n) is 5.39. The molecule has 1 saturated heterocycles. The Morgan fingerprint density at radius 1 is 1.12 bits per heavy atom. The van der Waals surface area contributed by atoms with E-state index >= 15 is 0 Å². The van der Waals surface area contributed by atoms with Gasteiger partial charge in [0.2, 0.25) is 17.2 Å². The van der Waals surface area contributed by atoms with Gasteiger partial charge < -0.3 is 23.1 Å². The SMILES string of the molecule is COP(=O)(OC)c1nc(C=Cc2ccccc2)oc1N1CCOCC1. The number of ether oxygens (including phenoxy) is 1. The second kappa shape index (κ2) is 7.97. The molecule has 0 unspecified atom stereocenters. The van der Waals surface area contributed by atoms with Gasteiger partial charge >= 0.3 is 7.60 Å². The van der Waals surface area contributed by atoms with Gasteiger partial charge in [0.15, 0.2) is 0 Å². The first kappa shape index (κ1) is 17.9. The predicted molar refractivity (Wildman–Crippen MR) is 96.2 cm³/mol. The van der Waals surface area contributed by atoms with Crippen LogP contribution in [0.3, 0.4) is 0 Å². The molecule has 0 bridgehead atoms. The molecule has 8 heteroatoms. The van der Waals surface area contributed by atoms with E-state index in [1.165, 1.54) is 14.2 Å². The van der Waals surface area contributed by atoms with E-state index in [-0.39, 0.29) is 5.44 Å². The van der Waals surface area contributed by atoms with Crippen LogP contribution in [0.5, 0.6) is 0 Å². The lowest BCUT2D eigenvalue weighted by atomic mass is 10.2. The highest BCUT2D eigenvalue weighted by atomic mass is 31.2. The topological polar surface area (TPSA) is 74.0 Å². The van der Waals surface area contributed by atoms with Crippen LogP contribution in [-0.2, 0) is 18.3 Å². The number of aromatic nitrogens is 1. The molecule has 25 heavy (non-hydrogen) atoms. The number of nitrogens with zero attached hydrogens (tertiary/aromatic N) is 2. The van der Waals surface area contributed by atoms with E-state index in [4.69, 9.17) is 18.2 Å². The summed E-state index contributed by atoms with van der Waals surface area (Å²) in [6.07, 6.45) is 3.61. The van der Waals surface area contributed by atoms with Crippen LogP contribution in [0.4, 0.5) is 5.88 Å². The average molecular weight is 364 g/mol. The Morgan fingerprint density at radius 2 is 1.80 bits per heavy atom. The fourth-order valence-electron chi connectivity index (χ4n) is 2.52. The van der Waals surface area contributed by atoms with Gasteiger partial charge in [-0.2, -0.15) is 4.98 Å². The maximum absolute atomic E-state index is 12.9. The number of benzene rings is 1. The van der Waals surface area contributed by atoms with Gasteiger partial charge in [0.25, 0.3) is 0 Å². The summed E-state index contributed by atoms with van der Waals surface area (Å²) in [5.41, 5.74) is 1.20. The maximum atomic E-state index is 12.9. The summed E-state index contributed by atoms with van der Waals surface area (Å²) >= 11 is 0. The Balaban J connectivity index is 1.96. The van der Waals surface area contributed by atoms with E-state index in [0.29, 0.717) is 38.1 Å². The third-order valence-corrected chi connectivity index (χ3v) is 5.64. The minimum Gasteiger partial charge on any atom is -0.420 e. The Bertz CT molecular complexity index is 761. The Kier molecular flexibility index (Phi) is 5.71. The highest BCUT2D eigenvalue weighted by molar-refractivity contribution is 7.62. The van der Waals surface area contributed by atoms with Crippen molar-refractivity contribution >= 4 is 31.1 Å². The van der Waals surface area contributed by atoms with Crippen molar-refractivity contribution in [3.63, 3.8) is 0 Å². The molecular weight excluding hydrogens is 343 g/mol. The fourth-order valence-corrected chi connectivity index (χ4v) is 3.66. The van der Waals surface area contributed by atoms with Gasteiger partial charge in [-0.1, -0.05) is 30.3 Å². The van der Waals surface area contributed by atoms with Gasteiger partial charge in [-0.3, -0.25) is 4.57 Å². The van der Waals surface area contributed by atoms with Crippen LogP contribution >= 0.6 is 7.60 Å². The maximum Gasteiger partial charge on any atom is 0.384 e. The normalized spacial score (nSPS) is 15.8. The fraction of sp³-hybridized carbons (Fsp3) is 0.353. The van der Waals surface area contributed by atoms with E-state index < -0.39 is 7.60 Å². The summed E-state index contributed by atoms with van der Waals surface area (Å²) in [6, 6.07) is 9.79. The Labute approximate surface area is 146 Å². The Hall–Kier alpha value is -1.92. The van der Waals surface area contributed by atoms with Gasteiger partial charge in [0, 0.05) is 33.4 Å². The van der Waals surface area contributed by atoms with Crippen molar-refractivity contribution in [3.8, 4) is 0 Å². The summed E-state index contributed by atoms with van der Waals surface area (Å²) in [5.74, 6) is 0.748.